The van der Waals surface area contributed by atoms with Crippen LogP contribution in [0.25, 0.3) is 23.4 Å². The number of rotatable bonds is 3. The lowest BCUT2D eigenvalue weighted by molar-refractivity contribution is 0.978. The Morgan fingerprint density at radius 2 is 1.43 bits per heavy atom. The standard InChI is InChI=1S/C17H14N4/c18-17-19-16(14-9-5-2-6-10-14)15(20-21-17)12-11-13-7-3-1-4-8-13/h1-12H,(H2,18,19,21)/b12-11+. The van der Waals surface area contributed by atoms with Crippen LogP contribution in [-0.4, -0.2) is 15.2 Å². The Morgan fingerprint density at radius 1 is 0.762 bits per heavy atom. The minimum Gasteiger partial charge on any atom is -0.366 e. The van der Waals surface area contributed by atoms with E-state index < -0.39 is 0 Å². The van der Waals surface area contributed by atoms with Gasteiger partial charge < -0.3 is 5.73 Å². The SMILES string of the molecule is Nc1nnc(/C=C/c2ccccc2)c(-c2ccccc2)n1. The first-order valence-corrected chi connectivity index (χ1v) is 6.62. The van der Waals surface area contributed by atoms with Crippen LogP contribution < -0.4 is 5.73 Å². The molecule has 0 amide bonds. The Bertz CT molecular complexity index is 752. The van der Waals surface area contributed by atoms with Crippen molar-refractivity contribution in [3.8, 4) is 11.3 Å². The molecule has 0 saturated heterocycles. The molecule has 0 bridgehead atoms. The zero-order valence-corrected chi connectivity index (χ0v) is 11.3. The molecule has 0 spiro atoms. The molecule has 0 aliphatic heterocycles. The average molecular weight is 274 g/mol. The van der Waals surface area contributed by atoms with Crippen molar-refractivity contribution < 1.29 is 0 Å². The molecule has 3 aromatic rings. The molecule has 2 N–H and O–H groups in total. The number of hydrogen-bond donors (Lipinski definition) is 1. The van der Waals surface area contributed by atoms with Crippen LogP contribution in [0.5, 0.6) is 0 Å². The van der Waals surface area contributed by atoms with E-state index in [-0.39, 0.29) is 5.95 Å². The summed E-state index contributed by atoms with van der Waals surface area (Å²) in [5.74, 6) is 0.172. The van der Waals surface area contributed by atoms with Gasteiger partial charge in [-0.05, 0) is 11.6 Å². The summed E-state index contributed by atoms with van der Waals surface area (Å²) in [4.78, 5) is 4.31. The fraction of sp³-hybridized carbons (Fsp3) is 0. The molecular formula is C17H14N4. The van der Waals surface area contributed by atoms with Crippen molar-refractivity contribution in [3.05, 3.63) is 71.9 Å². The Labute approximate surface area is 123 Å². The van der Waals surface area contributed by atoms with E-state index in [1.165, 1.54) is 0 Å². The molecule has 0 aliphatic carbocycles. The van der Waals surface area contributed by atoms with Gasteiger partial charge in [-0.2, -0.15) is 0 Å². The molecule has 4 nitrogen and oxygen atoms in total. The first kappa shape index (κ1) is 13.0. The molecule has 4 heteroatoms. The summed E-state index contributed by atoms with van der Waals surface area (Å²) >= 11 is 0. The summed E-state index contributed by atoms with van der Waals surface area (Å²) in [7, 11) is 0. The smallest absolute Gasteiger partial charge is 0.240 e. The molecule has 0 saturated carbocycles. The van der Waals surface area contributed by atoms with Gasteiger partial charge in [-0.25, -0.2) is 4.98 Å². The highest BCUT2D eigenvalue weighted by Gasteiger charge is 2.07. The molecule has 0 unspecified atom stereocenters. The Morgan fingerprint density at radius 3 is 2.14 bits per heavy atom. The molecule has 0 fully saturated rings. The fourth-order valence-corrected chi connectivity index (χ4v) is 2.01. The van der Waals surface area contributed by atoms with Gasteiger partial charge in [-0.1, -0.05) is 66.7 Å². The minimum atomic E-state index is 0.172. The fourth-order valence-electron chi connectivity index (χ4n) is 2.01. The molecule has 102 valence electrons. The van der Waals surface area contributed by atoms with Crippen molar-refractivity contribution in [1.82, 2.24) is 15.2 Å². The van der Waals surface area contributed by atoms with E-state index in [2.05, 4.69) is 15.2 Å². The number of anilines is 1. The van der Waals surface area contributed by atoms with Gasteiger partial charge in [0, 0.05) is 5.56 Å². The summed E-state index contributed by atoms with van der Waals surface area (Å²) in [5.41, 5.74) is 9.15. The van der Waals surface area contributed by atoms with Crippen LogP contribution >= 0.6 is 0 Å². The zero-order chi connectivity index (χ0) is 14.5. The average Bonchev–Trinajstić information content (AvgIpc) is 2.55. The minimum absolute atomic E-state index is 0.172. The van der Waals surface area contributed by atoms with Gasteiger partial charge in [-0.15, -0.1) is 10.2 Å². The molecule has 1 aromatic heterocycles. The molecular weight excluding hydrogens is 260 g/mol. The van der Waals surface area contributed by atoms with Gasteiger partial charge in [0.2, 0.25) is 5.95 Å². The second-order valence-electron chi connectivity index (χ2n) is 4.51. The maximum absolute atomic E-state index is 5.66. The van der Waals surface area contributed by atoms with Gasteiger partial charge in [0.1, 0.15) is 11.4 Å². The first-order valence-electron chi connectivity index (χ1n) is 6.62. The van der Waals surface area contributed by atoms with E-state index in [1.807, 2.05) is 72.8 Å². The van der Waals surface area contributed by atoms with Crippen LogP contribution in [-0.2, 0) is 0 Å². The quantitative estimate of drug-likeness (QED) is 0.796. The van der Waals surface area contributed by atoms with E-state index in [0.717, 1.165) is 16.8 Å². The van der Waals surface area contributed by atoms with Crippen LogP contribution in [0.1, 0.15) is 11.3 Å². The zero-order valence-electron chi connectivity index (χ0n) is 11.3. The number of hydrogen-bond acceptors (Lipinski definition) is 4. The molecule has 0 aliphatic rings. The maximum Gasteiger partial charge on any atom is 0.240 e. The molecule has 3 rings (SSSR count). The van der Waals surface area contributed by atoms with Crippen LogP contribution in [0.3, 0.4) is 0 Å². The number of nitrogen functional groups attached to an aromatic ring is 1. The predicted octanol–water partition coefficient (Wildman–Crippen LogP) is 3.29. The highest BCUT2D eigenvalue weighted by Crippen LogP contribution is 2.21. The second-order valence-corrected chi connectivity index (χ2v) is 4.51. The van der Waals surface area contributed by atoms with Crippen LogP contribution in [0.2, 0.25) is 0 Å². The summed E-state index contributed by atoms with van der Waals surface area (Å²) in [5, 5.41) is 7.99. The summed E-state index contributed by atoms with van der Waals surface area (Å²) in [6.45, 7) is 0. The summed E-state index contributed by atoms with van der Waals surface area (Å²) in [6.07, 6.45) is 3.88. The Hall–Kier alpha value is -3.01. The van der Waals surface area contributed by atoms with Gasteiger partial charge in [-0.3, -0.25) is 0 Å². The third-order valence-electron chi connectivity index (χ3n) is 3.01. The third-order valence-corrected chi connectivity index (χ3v) is 3.01. The van der Waals surface area contributed by atoms with Gasteiger partial charge in [0.05, 0.1) is 0 Å². The van der Waals surface area contributed by atoms with E-state index in [9.17, 15) is 0 Å². The highest BCUT2D eigenvalue weighted by molar-refractivity contribution is 5.76. The van der Waals surface area contributed by atoms with Gasteiger partial charge in [0.15, 0.2) is 0 Å². The van der Waals surface area contributed by atoms with Gasteiger partial charge >= 0.3 is 0 Å². The molecule has 21 heavy (non-hydrogen) atoms. The topological polar surface area (TPSA) is 64.7 Å². The van der Waals surface area contributed by atoms with Crippen molar-refractivity contribution >= 4 is 18.1 Å². The van der Waals surface area contributed by atoms with E-state index >= 15 is 0 Å². The van der Waals surface area contributed by atoms with Crippen molar-refractivity contribution in [1.29, 1.82) is 0 Å². The lowest BCUT2D eigenvalue weighted by Gasteiger charge is -2.04. The Balaban J connectivity index is 2.01. The number of nitrogens with two attached hydrogens (primary N) is 1. The monoisotopic (exact) mass is 274 g/mol. The highest BCUT2D eigenvalue weighted by atomic mass is 15.2. The van der Waals surface area contributed by atoms with E-state index in [1.54, 1.807) is 0 Å². The molecule has 0 radical (unpaired) electrons. The van der Waals surface area contributed by atoms with Crippen LogP contribution in [0, 0.1) is 0 Å². The van der Waals surface area contributed by atoms with Gasteiger partial charge in [0.25, 0.3) is 0 Å². The lowest BCUT2D eigenvalue weighted by Crippen LogP contribution is -2.02. The second kappa shape index (κ2) is 5.96. The summed E-state index contributed by atoms with van der Waals surface area (Å²) < 4.78 is 0. The summed E-state index contributed by atoms with van der Waals surface area (Å²) in [6, 6.07) is 19.8. The van der Waals surface area contributed by atoms with Crippen molar-refractivity contribution in [2.75, 3.05) is 5.73 Å². The molecule has 1 heterocycles. The van der Waals surface area contributed by atoms with E-state index in [0.29, 0.717) is 5.69 Å². The molecule has 0 atom stereocenters. The lowest BCUT2D eigenvalue weighted by atomic mass is 10.1. The molecule has 2 aromatic carbocycles. The van der Waals surface area contributed by atoms with Crippen LogP contribution in [0.15, 0.2) is 60.7 Å². The van der Waals surface area contributed by atoms with Crippen LogP contribution in [0.4, 0.5) is 5.95 Å². The number of aromatic nitrogens is 3. The van der Waals surface area contributed by atoms with Crippen molar-refractivity contribution in [3.63, 3.8) is 0 Å². The van der Waals surface area contributed by atoms with Crippen molar-refractivity contribution in [2.45, 2.75) is 0 Å². The Kier molecular flexibility index (Phi) is 3.69. The van der Waals surface area contributed by atoms with Crippen molar-refractivity contribution in [2.24, 2.45) is 0 Å². The third kappa shape index (κ3) is 3.12. The largest absolute Gasteiger partial charge is 0.366 e. The first-order chi connectivity index (χ1) is 10.3. The predicted molar refractivity (Wildman–Crippen MR) is 85.0 cm³/mol. The van der Waals surface area contributed by atoms with E-state index in [4.69, 9.17) is 5.73 Å². The normalized spacial score (nSPS) is 10.9. The number of nitrogens with zero attached hydrogens (tertiary/aromatic N) is 3. The maximum atomic E-state index is 5.66. The number of benzene rings is 2.